The van der Waals surface area contributed by atoms with Crippen LogP contribution in [-0.2, 0) is 0 Å². The van der Waals surface area contributed by atoms with Crippen LogP contribution in [0.5, 0.6) is 0 Å². The van der Waals surface area contributed by atoms with E-state index >= 15 is 0 Å². The molecule has 4 nitrogen and oxygen atoms in total. The van der Waals surface area contributed by atoms with Crippen LogP contribution in [0.25, 0.3) is 0 Å². The van der Waals surface area contributed by atoms with Gasteiger partial charge in [-0.2, -0.15) is 0 Å². The molecule has 2 unspecified atom stereocenters. The highest BCUT2D eigenvalue weighted by molar-refractivity contribution is 5.89. The largest absolute Gasteiger partial charge is 0.328 e. The van der Waals surface area contributed by atoms with Gasteiger partial charge in [-0.15, -0.1) is 0 Å². The summed E-state index contributed by atoms with van der Waals surface area (Å²) in [6.07, 6.45) is 2.09. The van der Waals surface area contributed by atoms with E-state index in [1.807, 2.05) is 0 Å². The molecule has 0 spiro atoms. The molecule has 1 saturated heterocycles. The van der Waals surface area contributed by atoms with E-state index < -0.39 is 0 Å². The van der Waals surface area contributed by atoms with Crippen molar-refractivity contribution in [1.82, 2.24) is 4.90 Å². The van der Waals surface area contributed by atoms with E-state index in [0.29, 0.717) is 18.2 Å². The molecule has 1 aromatic rings. The molecular weight excluding hydrogens is 245 g/mol. The molecule has 1 aliphatic heterocycles. The quantitative estimate of drug-likeness (QED) is 0.862. The number of hydrogen-bond donors (Lipinski definition) is 2. The van der Waals surface area contributed by atoms with Gasteiger partial charge in [-0.25, -0.2) is 9.18 Å². The molecule has 19 heavy (non-hydrogen) atoms. The number of urea groups is 1. The van der Waals surface area contributed by atoms with Crippen LogP contribution in [0.15, 0.2) is 24.3 Å². The Morgan fingerprint density at radius 1 is 1.47 bits per heavy atom. The Bertz CT molecular complexity index is 435. The van der Waals surface area contributed by atoms with Crippen LogP contribution >= 0.6 is 0 Å². The number of hydrogen-bond acceptors (Lipinski definition) is 2. The topological polar surface area (TPSA) is 58.4 Å². The first-order valence-electron chi connectivity index (χ1n) is 6.65. The average molecular weight is 265 g/mol. The van der Waals surface area contributed by atoms with Gasteiger partial charge in [-0.1, -0.05) is 6.92 Å². The minimum absolute atomic E-state index is 0.0780. The first-order valence-corrected chi connectivity index (χ1v) is 6.65. The zero-order valence-electron chi connectivity index (χ0n) is 11.1. The van der Waals surface area contributed by atoms with Gasteiger partial charge >= 0.3 is 6.03 Å². The fraction of sp³-hybridized carbons (Fsp3) is 0.500. The highest BCUT2D eigenvalue weighted by Crippen LogP contribution is 2.23. The second-order valence-corrected chi connectivity index (χ2v) is 5.05. The van der Waals surface area contributed by atoms with Crippen LogP contribution in [0.3, 0.4) is 0 Å². The predicted molar refractivity (Wildman–Crippen MR) is 73.4 cm³/mol. The van der Waals surface area contributed by atoms with Gasteiger partial charge in [0.15, 0.2) is 0 Å². The summed E-state index contributed by atoms with van der Waals surface area (Å²) in [5.74, 6) is 0.0992. The van der Waals surface area contributed by atoms with Crippen LogP contribution in [0, 0.1) is 11.7 Å². The molecule has 1 heterocycles. The Labute approximate surface area is 112 Å². The number of carbonyl (C=O) groups is 1. The maximum absolute atomic E-state index is 12.8. The molecule has 1 aliphatic rings. The van der Waals surface area contributed by atoms with Gasteiger partial charge in [0, 0.05) is 24.8 Å². The van der Waals surface area contributed by atoms with Crippen LogP contribution < -0.4 is 11.1 Å². The average Bonchev–Trinajstić information content (AvgIpc) is 2.41. The molecule has 1 aromatic carbocycles. The Kier molecular flexibility index (Phi) is 4.37. The van der Waals surface area contributed by atoms with Crippen molar-refractivity contribution in [2.24, 2.45) is 11.7 Å². The third-order valence-corrected chi connectivity index (χ3v) is 3.71. The second-order valence-electron chi connectivity index (χ2n) is 5.05. The summed E-state index contributed by atoms with van der Waals surface area (Å²) in [5.41, 5.74) is 6.36. The van der Waals surface area contributed by atoms with E-state index in [1.54, 1.807) is 17.0 Å². The summed E-state index contributed by atoms with van der Waals surface area (Å²) in [6, 6.07) is 5.68. The standard InChI is InChI=1S/C14H20FN3O/c1-10-3-2-8-18(13(10)9-16)14(19)17-12-6-4-11(15)5-7-12/h4-7,10,13H,2-3,8-9,16H2,1H3,(H,17,19). The molecule has 0 aliphatic carbocycles. The number of halogens is 1. The third kappa shape index (κ3) is 3.23. The normalized spacial score (nSPS) is 23.2. The minimum Gasteiger partial charge on any atom is -0.328 e. The first kappa shape index (κ1) is 13.8. The molecular formula is C14H20FN3O. The Morgan fingerprint density at radius 3 is 2.79 bits per heavy atom. The fourth-order valence-corrected chi connectivity index (χ4v) is 2.59. The maximum atomic E-state index is 12.8. The molecule has 0 saturated carbocycles. The molecule has 0 radical (unpaired) electrons. The molecule has 0 bridgehead atoms. The number of nitrogens with one attached hydrogen (secondary N) is 1. The van der Waals surface area contributed by atoms with Crippen molar-refractivity contribution in [2.45, 2.75) is 25.8 Å². The van der Waals surface area contributed by atoms with Crippen LogP contribution in [0.2, 0.25) is 0 Å². The van der Waals surface area contributed by atoms with Gasteiger partial charge in [-0.05, 0) is 43.0 Å². The lowest BCUT2D eigenvalue weighted by molar-refractivity contribution is 0.133. The number of anilines is 1. The zero-order valence-corrected chi connectivity index (χ0v) is 11.1. The summed E-state index contributed by atoms with van der Waals surface area (Å²) in [5, 5.41) is 2.79. The number of benzene rings is 1. The van der Waals surface area contributed by atoms with Gasteiger partial charge in [-0.3, -0.25) is 0 Å². The minimum atomic E-state index is -0.315. The molecule has 5 heteroatoms. The highest BCUT2D eigenvalue weighted by Gasteiger charge is 2.30. The third-order valence-electron chi connectivity index (χ3n) is 3.71. The van der Waals surface area contributed by atoms with Crippen LogP contribution in [-0.4, -0.2) is 30.1 Å². The highest BCUT2D eigenvalue weighted by atomic mass is 19.1. The summed E-state index contributed by atoms with van der Waals surface area (Å²) in [6.45, 7) is 3.31. The number of carbonyl (C=O) groups excluding carboxylic acids is 1. The number of nitrogens with two attached hydrogens (primary N) is 1. The molecule has 1 fully saturated rings. The molecule has 104 valence electrons. The van der Waals surface area contributed by atoms with Gasteiger partial charge in [0.25, 0.3) is 0 Å². The van der Waals surface area contributed by atoms with Crippen LogP contribution in [0.4, 0.5) is 14.9 Å². The van der Waals surface area contributed by atoms with Gasteiger partial charge in [0.05, 0.1) is 0 Å². The molecule has 2 rings (SSSR count). The summed E-state index contributed by atoms with van der Waals surface area (Å²) in [4.78, 5) is 14.0. The SMILES string of the molecule is CC1CCCN(C(=O)Nc2ccc(F)cc2)C1CN. The number of amides is 2. The molecule has 3 N–H and O–H groups in total. The number of likely N-dealkylation sites (tertiary alicyclic amines) is 1. The summed E-state index contributed by atoms with van der Waals surface area (Å²) in [7, 11) is 0. The monoisotopic (exact) mass is 265 g/mol. The maximum Gasteiger partial charge on any atom is 0.322 e. The second kappa shape index (κ2) is 6.02. The van der Waals surface area contributed by atoms with Gasteiger partial charge in [0.2, 0.25) is 0 Å². The van der Waals surface area contributed by atoms with E-state index in [-0.39, 0.29) is 17.9 Å². The lowest BCUT2D eigenvalue weighted by atomic mass is 9.91. The van der Waals surface area contributed by atoms with E-state index in [0.717, 1.165) is 19.4 Å². The predicted octanol–water partition coefficient (Wildman–Crippen LogP) is 2.42. The summed E-state index contributed by atoms with van der Waals surface area (Å²) >= 11 is 0. The van der Waals surface area contributed by atoms with Gasteiger partial charge in [0.1, 0.15) is 5.82 Å². The molecule has 0 aromatic heterocycles. The Hall–Kier alpha value is -1.62. The van der Waals surface area contributed by atoms with E-state index in [1.165, 1.54) is 12.1 Å². The first-order chi connectivity index (χ1) is 9.11. The van der Waals surface area contributed by atoms with Crippen molar-refractivity contribution in [3.8, 4) is 0 Å². The van der Waals surface area contributed by atoms with E-state index in [4.69, 9.17) is 5.73 Å². The van der Waals surface area contributed by atoms with Crippen molar-refractivity contribution in [3.63, 3.8) is 0 Å². The lowest BCUT2D eigenvalue weighted by Crippen LogP contribution is -2.52. The molecule has 2 atom stereocenters. The lowest BCUT2D eigenvalue weighted by Gasteiger charge is -2.39. The molecule has 2 amide bonds. The Balaban J connectivity index is 2.04. The van der Waals surface area contributed by atoms with Crippen LogP contribution in [0.1, 0.15) is 19.8 Å². The van der Waals surface area contributed by atoms with E-state index in [9.17, 15) is 9.18 Å². The smallest absolute Gasteiger partial charge is 0.322 e. The van der Waals surface area contributed by atoms with Crippen molar-refractivity contribution in [3.05, 3.63) is 30.1 Å². The summed E-state index contributed by atoms with van der Waals surface area (Å²) < 4.78 is 12.8. The number of nitrogens with zero attached hydrogens (tertiary/aromatic N) is 1. The number of rotatable bonds is 2. The van der Waals surface area contributed by atoms with Crippen molar-refractivity contribution >= 4 is 11.7 Å². The van der Waals surface area contributed by atoms with E-state index in [2.05, 4.69) is 12.2 Å². The van der Waals surface area contributed by atoms with Gasteiger partial charge < -0.3 is 16.0 Å². The fourth-order valence-electron chi connectivity index (χ4n) is 2.59. The van der Waals surface area contributed by atoms with Crippen molar-refractivity contribution in [1.29, 1.82) is 0 Å². The Morgan fingerprint density at radius 2 is 2.16 bits per heavy atom. The van der Waals surface area contributed by atoms with Crippen molar-refractivity contribution < 1.29 is 9.18 Å². The number of piperidine rings is 1. The zero-order chi connectivity index (χ0) is 13.8. The van der Waals surface area contributed by atoms with Crippen molar-refractivity contribution in [2.75, 3.05) is 18.4 Å².